The first-order chi connectivity index (χ1) is 12.6. The summed E-state index contributed by atoms with van der Waals surface area (Å²) in [6, 6.07) is 9.06. The molecule has 1 saturated heterocycles. The van der Waals surface area contributed by atoms with E-state index in [0.717, 1.165) is 5.56 Å². The number of amides is 2. The van der Waals surface area contributed by atoms with Gasteiger partial charge in [0.05, 0.1) is 12.6 Å². The molecule has 3 unspecified atom stereocenters. The van der Waals surface area contributed by atoms with E-state index < -0.39 is 12.2 Å². The van der Waals surface area contributed by atoms with Gasteiger partial charge in [-0.15, -0.1) is 0 Å². The lowest BCUT2D eigenvalue weighted by Gasteiger charge is -2.19. The second-order valence-electron chi connectivity index (χ2n) is 5.82. The van der Waals surface area contributed by atoms with Crippen molar-refractivity contribution in [2.45, 2.75) is 45.3 Å². The van der Waals surface area contributed by atoms with Crippen molar-refractivity contribution in [3.8, 4) is 0 Å². The summed E-state index contributed by atoms with van der Waals surface area (Å²) in [6.07, 6.45) is -1.24. The number of carbonyl (C=O) groups excluding carboxylic acids is 2. The summed E-state index contributed by atoms with van der Waals surface area (Å²) in [7, 11) is 0. The Morgan fingerprint density at radius 2 is 2.08 bits per heavy atom. The molecule has 1 aliphatic rings. The van der Waals surface area contributed by atoms with Gasteiger partial charge in [-0.3, -0.25) is 0 Å². The highest BCUT2D eigenvalue weighted by molar-refractivity contribution is 5.71. The number of nitrogens with one attached hydrogen (secondary N) is 2. The Bertz CT molecular complexity index is 568. The number of hydrogen-bond donors (Lipinski definition) is 2. The summed E-state index contributed by atoms with van der Waals surface area (Å²) in [5, 5.41) is 5.32. The van der Waals surface area contributed by atoms with E-state index in [0.29, 0.717) is 19.6 Å². The van der Waals surface area contributed by atoms with Crippen LogP contribution in [0.1, 0.15) is 25.8 Å². The van der Waals surface area contributed by atoms with E-state index in [1.165, 1.54) is 0 Å². The third-order valence-corrected chi connectivity index (χ3v) is 3.85. The molecule has 0 aromatic heterocycles. The molecule has 0 aliphatic carbocycles. The number of carbonyl (C=O) groups is 2. The minimum Gasteiger partial charge on any atom is -0.445 e. The molecule has 3 atom stereocenters. The van der Waals surface area contributed by atoms with Gasteiger partial charge in [-0.2, -0.15) is 0 Å². The fourth-order valence-electron chi connectivity index (χ4n) is 2.54. The average Bonchev–Trinajstić information content (AvgIpc) is 2.99. The fourth-order valence-corrected chi connectivity index (χ4v) is 2.54. The summed E-state index contributed by atoms with van der Waals surface area (Å²) in [4.78, 5) is 23.3. The van der Waals surface area contributed by atoms with Gasteiger partial charge in [0.25, 0.3) is 0 Å². The zero-order valence-corrected chi connectivity index (χ0v) is 15.1. The van der Waals surface area contributed by atoms with Crippen LogP contribution in [0.2, 0.25) is 0 Å². The standard InChI is InChI=1S/C18H26N2O6/c1-3-23-13(2)24-10-9-16-15(20-18(22)26-16)11-19-17(21)25-12-14-7-5-4-6-8-14/h4-8,13,15-16H,3,9-12H2,1-2H3,(H,19,21)(H,20,22). The van der Waals surface area contributed by atoms with Gasteiger partial charge >= 0.3 is 12.2 Å². The summed E-state index contributed by atoms with van der Waals surface area (Å²) in [5.41, 5.74) is 0.901. The van der Waals surface area contributed by atoms with E-state index in [1.54, 1.807) is 0 Å². The summed E-state index contributed by atoms with van der Waals surface area (Å²) < 4.78 is 21.1. The lowest BCUT2D eigenvalue weighted by Crippen LogP contribution is -2.43. The summed E-state index contributed by atoms with van der Waals surface area (Å²) in [6.45, 7) is 5.05. The van der Waals surface area contributed by atoms with E-state index >= 15 is 0 Å². The molecular formula is C18H26N2O6. The number of rotatable bonds is 10. The van der Waals surface area contributed by atoms with Gasteiger partial charge < -0.3 is 29.6 Å². The predicted octanol–water partition coefficient (Wildman–Crippen LogP) is 2.18. The third-order valence-electron chi connectivity index (χ3n) is 3.85. The maximum atomic E-state index is 11.8. The Kier molecular flexibility index (Phi) is 8.17. The maximum Gasteiger partial charge on any atom is 0.407 e. The van der Waals surface area contributed by atoms with E-state index in [1.807, 2.05) is 44.2 Å². The molecule has 1 aromatic rings. The fraction of sp³-hybridized carbons (Fsp3) is 0.556. The highest BCUT2D eigenvalue weighted by Crippen LogP contribution is 2.13. The molecule has 144 valence electrons. The monoisotopic (exact) mass is 366 g/mol. The van der Waals surface area contributed by atoms with Gasteiger partial charge in [0.15, 0.2) is 6.29 Å². The molecule has 26 heavy (non-hydrogen) atoms. The van der Waals surface area contributed by atoms with Gasteiger partial charge in [0, 0.05) is 19.6 Å². The SMILES string of the molecule is CCOC(C)OCCC1OC(=O)NC1CNC(=O)OCc1ccccc1. The molecular weight excluding hydrogens is 340 g/mol. The minimum atomic E-state index is -0.546. The Balaban J connectivity index is 1.68. The second kappa shape index (κ2) is 10.6. The van der Waals surface area contributed by atoms with Crippen LogP contribution in [0.25, 0.3) is 0 Å². The first-order valence-electron chi connectivity index (χ1n) is 8.73. The van der Waals surface area contributed by atoms with Crippen LogP contribution < -0.4 is 10.6 Å². The molecule has 0 saturated carbocycles. The predicted molar refractivity (Wildman–Crippen MR) is 93.5 cm³/mol. The molecule has 1 fully saturated rings. The average molecular weight is 366 g/mol. The molecule has 1 heterocycles. The molecule has 2 amide bonds. The van der Waals surface area contributed by atoms with Crippen molar-refractivity contribution in [3.63, 3.8) is 0 Å². The van der Waals surface area contributed by atoms with Gasteiger partial charge in [-0.1, -0.05) is 30.3 Å². The van der Waals surface area contributed by atoms with Crippen molar-refractivity contribution in [1.29, 1.82) is 0 Å². The lowest BCUT2D eigenvalue weighted by atomic mass is 10.1. The van der Waals surface area contributed by atoms with Crippen LogP contribution in [0.5, 0.6) is 0 Å². The van der Waals surface area contributed by atoms with E-state index in [9.17, 15) is 9.59 Å². The third kappa shape index (κ3) is 6.89. The number of cyclic esters (lactones) is 1. The van der Waals surface area contributed by atoms with Gasteiger partial charge in [-0.05, 0) is 19.4 Å². The molecule has 2 rings (SSSR count). The maximum absolute atomic E-state index is 11.8. The molecule has 0 bridgehead atoms. The Morgan fingerprint density at radius 3 is 2.81 bits per heavy atom. The highest BCUT2D eigenvalue weighted by atomic mass is 16.7. The van der Waals surface area contributed by atoms with Crippen LogP contribution >= 0.6 is 0 Å². The van der Waals surface area contributed by atoms with Crippen molar-refractivity contribution in [2.75, 3.05) is 19.8 Å². The van der Waals surface area contributed by atoms with Gasteiger partial charge in [0.2, 0.25) is 0 Å². The van der Waals surface area contributed by atoms with Crippen molar-refractivity contribution < 1.29 is 28.5 Å². The first-order valence-corrected chi connectivity index (χ1v) is 8.73. The topological polar surface area (TPSA) is 95.1 Å². The molecule has 8 nitrogen and oxygen atoms in total. The van der Waals surface area contributed by atoms with E-state index in [-0.39, 0.29) is 31.6 Å². The van der Waals surface area contributed by atoms with Crippen molar-refractivity contribution in [2.24, 2.45) is 0 Å². The van der Waals surface area contributed by atoms with Crippen molar-refractivity contribution in [3.05, 3.63) is 35.9 Å². The molecule has 0 radical (unpaired) electrons. The Morgan fingerprint density at radius 1 is 1.31 bits per heavy atom. The van der Waals surface area contributed by atoms with Crippen LogP contribution in [-0.4, -0.2) is 50.4 Å². The quantitative estimate of drug-likeness (QED) is 0.616. The van der Waals surface area contributed by atoms with Gasteiger partial charge in [-0.25, -0.2) is 9.59 Å². The second-order valence-corrected chi connectivity index (χ2v) is 5.82. The van der Waals surface area contributed by atoms with Crippen LogP contribution in [0.4, 0.5) is 9.59 Å². The molecule has 1 aliphatic heterocycles. The highest BCUT2D eigenvalue weighted by Gasteiger charge is 2.34. The smallest absolute Gasteiger partial charge is 0.407 e. The Labute approximate surface area is 153 Å². The number of alkyl carbamates (subject to hydrolysis) is 2. The molecule has 8 heteroatoms. The zero-order valence-electron chi connectivity index (χ0n) is 15.1. The molecule has 0 spiro atoms. The summed E-state index contributed by atoms with van der Waals surface area (Å²) >= 11 is 0. The number of benzene rings is 1. The minimum absolute atomic E-state index is 0.187. The largest absolute Gasteiger partial charge is 0.445 e. The van der Waals surface area contributed by atoms with Crippen LogP contribution in [0.3, 0.4) is 0 Å². The van der Waals surface area contributed by atoms with Crippen molar-refractivity contribution in [1.82, 2.24) is 10.6 Å². The summed E-state index contributed by atoms with van der Waals surface area (Å²) in [5.74, 6) is 0. The van der Waals surface area contributed by atoms with Crippen molar-refractivity contribution >= 4 is 12.2 Å². The van der Waals surface area contributed by atoms with E-state index in [2.05, 4.69) is 10.6 Å². The zero-order chi connectivity index (χ0) is 18.8. The normalized spacial score (nSPS) is 20.2. The Hall–Kier alpha value is -2.32. The molecule has 2 N–H and O–H groups in total. The number of ether oxygens (including phenoxy) is 4. The first kappa shape index (κ1) is 20.0. The lowest BCUT2D eigenvalue weighted by molar-refractivity contribution is -0.130. The van der Waals surface area contributed by atoms with Crippen LogP contribution in [0.15, 0.2) is 30.3 Å². The van der Waals surface area contributed by atoms with Crippen LogP contribution in [0, 0.1) is 0 Å². The van der Waals surface area contributed by atoms with Crippen LogP contribution in [-0.2, 0) is 25.6 Å². The van der Waals surface area contributed by atoms with Gasteiger partial charge in [0.1, 0.15) is 12.7 Å². The number of hydrogen-bond acceptors (Lipinski definition) is 6. The molecule has 1 aromatic carbocycles. The van der Waals surface area contributed by atoms with E-state index in [4.69, 9.17) is 18.9 Å².